The fraction of sp³-hybridized carbons (Fsp3) is 0.636. The minimum atomic E-state index is -0.576. The molecule has 1 saturated heterocycles. The summed E-state index contributed by atoms with van der Waals surface area (Å²) in [4.78, 5) is 27.1. The molecule has 1 aliphatic heterocycles. The highest BCUT2D eigenvalue weighted by molar-refractivity contribution is 6.39. The number of anilines is 1. The normalized spacial score (nSPS) is 19.2. The van der Waals surface area contributed by atoms with Gasteiger partial charge in [-0.3, -0.25) is 9.59 Å². The van der Waals surface area contributed by atoms with E-state index in [0.717, 1.165) is 54.4 Å². The van der Waals surface area contributed by atoms with E-state index in [9.17, 15) is 9.59 Å². The molecule has 1 aliphatic carbocycles. The van der Waals surface area contributed by atoms with Gasteiger partial charge in [0.25, 0.3) is 0 Å². The van der Waals surface area contributed by atoms with Crippen molar-refractivity contribution in [2.45, 2.75) is 65.3 Å². The number of amides is 2. The zero-order chi connectivity index (χ0) is 19.4. The Morgan fingerprint density at radius 3 is 2.15 bits per heavy atom. The minimum absolute atomic E-state index is 0.474. The Morgan fingerprint density at radius 1 is 0.963 bits per heavy atom. The fourth-order valence-electron chi connectivity index (χ4n) is 4.66. The maximum Gasteiger partial charge on any atom is 0.313 e. The number of likely N-dealkylation sites (tertiary alicyclic amines) is 1. The largest absolute Gasteiger partial charge is 0.348 e. The van der Waals surface area contributed by atoms with Gasteiger partial charge in [0.05, 0.1) is 0 Å². The lowest BCUT2D eigenvalue weighted by molar-refractivity contribution is -0.136. The fourth-order valence-corrected chi connectivity index (χ4v) is 4.66. The van der Waals surface area contributed by atoms with Crippen LogP contribution in [-0.2, 0) is 9.59 Å². The van der Waals surface area contributed by atoms with Crippen molar-refractivity contribution in [1.29, 1.82) is 0 Å². The number of carbonyl (C=O) groups is 2. The number of nitrogens with zero attached hydrogens (tertiary/aromatic N) is 1. The number of aryl methyl sites for hydroxylation is 3. The molecule has 1 heterocycles. The lowest BCUT2D eigenvalue weighted by Gasteiger charge is -2.36. The average Bonchev–Trinajstić information content (AvgIpc) is 3.17. The van der Waals surface area contributed by atoms with Crippen LogP contribution in [0.2, 0.25) is 0 Å². The predicted octanol–water partition coefficient (Wildman–Crippen LogP) is 3.32. The molecular weight excluding hydrogens is 338 g/mol. The zero-order valence-corrected chi connectivity index (χ0v) is 16.9. The summed E-state index contributed by atoms with van der Waals surface area (Å²) < 4.78 is 0. The van der Waals surface area contributed by atoms with Crippen LogP contribution in [0, 0.1) is 26.7 Å². The second-order valence-electron chi connectivity index (χ2n) is 8.36. The molecule has 0 aromatic heterocycles. The molecule has 5 nitrogen and oxygen atoms in total. The van der Waals surface area contributed by atoms with Crippen molar-refractivity contribution in [3.63, 3.8) is 0 Å². The molecule has 3 rings (SSSR count). The number of hydrogen-bond donors (Lipinski definition) is 2. The number of piperidine rings is 1. The Labute approximate surface area is 162 Å². The van der Waals surface area contributed by atoms with E-state index in [1.165, 1.54) is 25.7 Å². The molecule has 1 aromatic rings. The van der Waals surface area contributed by atoms with E-state index in [-0.39, 0.29) is 0 Å². The van der Waals surface area contributed by atoms with Gasteiger partial charge in [0.1, 0.15) is 0 Å². The number of nitrogens with one attached hydrogen (secondary N) is 2. The van der Waals surface area contributed by atoms with Crippen molar-refractivity contribution in [2.24, 2.45) is 5.92 Å². The molecule has 5 heteroatoms. The maximum atomic E-state index is 12.3. The molecule has 0 unspecified atom stereocenters. The first-order valence-electron chi connectivity index (χ1n) is 10.3. The van der Waals surface area contributed by atoms with Gasteiger partial charge in [-0.05, 0) is 76.6 Å². The summed E-state index contributed by atoms with van der Waals surface area (Å²) >= 11 is 0. The minimum Gasteiger partial charge on any atom is -0.348 e. The van der Waals surface area contributed by atoms with Crippen molar-refractivity contribution >= 4 is 17.5 Å². The van der Waals surface area contributed by atoms with Gasteiger partial charge in [-0.25, -0.2) is 0 Å². The lowest BCUT2D eigenvalue weighted by atomic mass is 9.95. The van der Waals surface area contributed by atoms with E-state index in [0.29, 0.717) is 12.5 Å². The number of carbonyl (C=O) groups excluding carboxylic acids is 2. The zero-order valence-electron chi connectivity index (χ0n) is 16.9. The average molecular weight is 372 g/mol. The third kappa shape index (κ3) is 5.10. The van der Waals surface area contributed by atoms with Crippen LogP contribution in [-0.4, -0.2) is 42.4 Å². The molecule has 0 radical (unpaired) electrons. The summed E-state index contributed by atoms with van der Waals surface area (Å²) in [6.07, 6.45) is 7.65. The first-order chi connectivity index (χ1) is 12.9. The van der Waals surface area contributed by atoms with Crippen LogP contribution in [0.3, 0.4) is 0 Å². The van der Waals surface area contributed by atoms with Crippen molar-refractivity contribution < 1.29 is 9.59 Å². The topological polar surface area (TPSA) is 61.4 Å². The Hall–Kier alpha value is -1.88. The van der Waals surface area contributed by atoms with E-state index in [1.54, 1.807) is 0 Å². The summed E-state index contributed by atoms with van der Waals surface area (Å²) in [5.74, 6) is -0.636. The smallest absolute Gasteiger partial charge is 0.313 e. The van der Waals surface area contributed by atoms with Crippen LogP contribution in [0.15, 0.2) is 12.1 Å². The van der Waals surface area contributed by atoms with Gasteiger partial charge in [0, 0.05) is 18.3 Å². The standard InChI is InChI=1S/C22H33N3O2/c1-15-12-16(2)20(17(3)13-15)24-22(27)21(26)23-14-18-8-10-25(11-9-18)19-6-4-5-7-19/h12-13,18-19H,4-11,14H2,1-3H3,(H,23,26)(H,24,27). The molecule has 2 aliphatic rings. The molecule has 1 saturated carbocycles. The molecular formula is C22H33N3O2. The predicted molar refractivity (Wildman–Crippen MR) is 109 cm³/mol. The molecule has 0 spiro atoms. The first kappa shape index (κ1) is 19.9. The summed E-state index contributed by atoms with van der Waals surface area (Å²) in [6, 6.07) is 4.81. The van der Waals surface area contributed by atoms with Crippen LogP contribution in [0.5, 0.6) is 0 Å². The molecule has 27 heavy (non-hydrogen) atoms. The number of hydrogen-bond acceptors (Lipinski definition) is 3. The molecule has 1 aromatic carbocycles. The van der Waals surface area contributed by atoms with Crippen LogP contribution in [0.25, 0.3) is 0 Å². The van der Waals surface area contributed by atoms with E-state index >= 15 is 0 Å². The highest BCUT2D eigenvalue weighted by Crippen LogP contribution is 2.27. The van der Waals surface area contributed by atoms with Crippen LogP contribution < -0.4 is 10.6 Å². The van der Waals surface area contributed by atoms with Gasteiger partial charge in [0.2, 0.25) is 0 Å². The van der Waals surface area contributed by atoms with Crippen molar-refractivity contribution in [1.82, 2.24) is 10.2 Å². The van der Waals surface area contributed by atoms with Crippen molar-refractivity contribution in [3.05, 3.63) is 28.8 Å². The quantitative estimate of drug-likeness (QED) is 0.798. The monoisotopic (exact) mass is 371 g/mol. The summed E-state index contributed by atoms with van der Waals surface area (Å²) in [6.45, 7) is 8.77. The molecule has 2 N–H and O–H groups in total. The number of rotatable bonds is 4. The Morgan fingerprint density at radius 2 is 1.56 bits per heavy atom. The second kappa shape index (κ2) is 8.87. The van der Waals surface area contributed by atoms with E-state index < -0.39 is 11.8 Å². The highest BCUT2D eigenvalue weighted by Gasteiger charge is 2.27. The van der Waals surface area contributed by atoms with Gasteiger partial charge in [-0.1, -0.05) is 30.5 Å². The first-order valence-corrected chi connectivity index (χ1v) is 10.3. The van der Waals surface area contributed by atoms with Gasteiger partial charge < -0.3 is 15.5 Å². The molecule has 2 amide bonds. The highest BCUT2D eigenvalue weighted by atomic mass is 16.2. The second-order valence-corrected chi connectivity index (χ2v) is 8.36. The van der Waals surface area contributed by atoms with Crippen LogP contribution in [0.1, 0.15) is 55.2 Å². The van der Waals surface area contributed by atoms with Gasteiger partial charge >= 0.3 is 11.8 Å². The SMILES string of the molecule is Cc1cc(C)c(NC(=O)C(=O)NCC2CCN(C3CCCC3)CC2)c(C)c1. The number of benzene rings is 1. The molecule has 0 bridgehead atoms. The van der Waals surface area contributed by atoms with Crippen molar-refractivity contribution in [2.75, 3.05) is 25.0 Å². The Kier molecular flexibility index (Phi) is 6.53. The third-order valence-electron chi connectivity index (χ3n) is 6.16. The van der Waals surface area contributed by atoms with Gasteiger partial charge in [-0.15, -0.1) is 0 Å². The van der Waals surface area contributed by atoms with Crippen LogP contribution >= 0.6 is 0 Å². The van der Waals surface area contributed by atoms with Crippen molar-refractivity contribution in [3.8, 4) is 0 Å². The third-order valence-corrected chi connectivity index (χ3v) is 6.16. The van der Waals surface area contributed by atoms with E-state index in [1.807, 2.05) is 32.9 Å². The lowest BCUT2D eigenvalue weighted by Crippen LogP contribution is -2.44. The maximum absolute atomic E-state index is 12.3. The molecule has 0 atom stereocenters. The van der Waals surface area contributed by atoms with E-state index in [4.69, 9.17) is 0 Å². The summed E-state index contributed by atoms with van der Waals surface area (Å²) in [7, 11) is 0. The summed E-state index contributed by atoms with van der Waals surface area (Å²) in [5, 5.41) is 5.62. The van der Waals surface area contributed by atoms with Gasteiger partial charge in [-0.2, -0.15) is 0 Å². The Balaban J connectivity index is 1.43. The van der Waals surface area contributed by atoms with Crippen LogP contribution in [0.4, 0.5) is 5.69 Å². The van der Waals surface area contributed by atoms with E-state index in [2.05, 4.69) is 15.5 Å². The summed E-state index contributed by atoms with van der Waals surface area (Å²) in [5.41, 5.74) is 3.85. The Bertz CT molecular complexity index is 664. The molecule has 148 valence electrons. The molecule has 2 fully saturated rings. The van der Waals surface area contributed by atoms with Gasteiger partial charge in [0.15, 0.2) is 0 Å².